The van der Waals surface area contributed by atoms with Gasteiger partial charge in [-0.15, -0.1) is 11.3 Å². The van der Waals surface area contributed by atoms with Crippen LogP contribution in [0.4, 0.5) is 5.00 Å². The first-order valence-electron chi connectivity index (χ1n) is 9.50. The number of nitrogens with one attached hydrogen (secondary N) is 1. The smallest absolute Gasteiger partial charge is 0.270 e. The van der Waals surface area contributed by atoms with Gasteiger partial charge in [-0.05, 0) is 37.4 Å². The van der Waals surface area contributed by atoms with Crippen LogP contribution in [0.2, 0.25) is 0 Å². The van der Waals surface area contributed by atoms with Crippen LogP contribution in [0.5, 0.6) is 0 Å². The highest BCUT2D eigenvalue weighted by Gasteiger charge is 2.33. The van der Waals surface area contributed by atoms with Crippen LogP contribution in [0.1, 0.15) is 23.3 Å². The molecule has 2 aromatic rings. The molecule has 1 N–H and O–H groups in total. The number of anilines is 1. The van der Waals surface area contributed by atoms with Gasteiger partial charge in [0.2, 0.25) is 0 Å². The SMILES string of the molecule is O=C(N[C@@H]1C[C@H]2CCN(C2)C1)c1cc2sc(N3CCSCC3)cc2cn1. The number of carbonyl (C=O) groups is 1. The molecule has 5 heterocycles. The number of pyridine rings is 1. The fraction of sp³-hybridized carbons (Fsp3) is 0.579. The number of nitrogens with zero attached hydrogens (tertiary/aromatic N) is 3. The van der Waals surface area contributed by atoms with Gasteiger partial charge in [0.1, 0.15) is 5.69 Å². The van der Waals surface area contributed by atoms with Gasteiger partial charge < -0.3 is 15.1 Å². The summed E-state index contributed by atoms with van der Waals surface area (Å²) in [6, 6.07) is 4.46. The molecule has 0 aromatic carbocycles. The summed E-state index contributed by atoms with van der Waals surface area (Å²) < 4.78 is 1.16. The Morgan fingerprint density at radius 1 is 1.19 bits per heavy atom. The monoisotopic (exact) mass is 388 g/mol. The summed E-state index contributed by atoms with van der Waals surface area (Å²) in [6.07, 6.45) is 4.25. The summed E-state index contributed by atoms with van der Waals surface area (Å²) >= 11 is 3.80. The maximum absolute atomic E-state index is 12.7. The minimum atomic E-state index is -0.0243. The van der Waals surface area contributed by atoms with Crippen molar-refractivity contribution in [1.82, 2.24) is 15.2 Å². The average Bonchev–Trinajstić information content (AvgIpc) is 3.24. The predicted molar refractivity (Wildman–Crippen MR) is 110 cm³/mol. The minimum Gasteiger partial charge on any atom is -0.362 e. The van der Waals surface area contributed by atoms with Crippen molar-refractivity contribution in [3.05, 3.63) is 24.0 Å². The van der Waals surface area contributed by atoms with Gasteiger partial charge in [-0.1, -0.05) is 0 Å². The number of carbonyl (C=O) groups excluding carboxylic acids is 1. The van der Waals surface area contributed by atoms with Crippen molar-refractivity contribution in [3.63, 3.8) is 0 Å². The zero-order valence-corrected chi connectivity index (χ0v) is 16.5. The Morgan fingerprint density at radius 2 is 2.08 bits per heavy atom. The molecule has 3 aliphatic rings. The lowest BCUT2D eigenvalue weighted by Gasteiger charge is -2.30. The van der Waals surface area contributed by atoms with Crippen LogP contribution in [-0.4, -0.2) is 66.1 Å². The molecule has 3 saturated heterocycles. The van der Waals surface area contributed by atoms with Crippen LogP contribution in [0.3, 0.4) is 0 Å². The molecule has 2 aromatic heterocycles. The third-order valence-electron chi connectivity index (χ3n) is 5.75. The molecule has 3 fully saturated rings. The molecular formula is C19H24N4OS2. The highest BCUT2D eigenvalue weighted by molar-refractivity contribution is 7.99. The topological polar surface area (TPSA) is 48.5 Å². The molecule has 3 atom stereocenters. The first-order chi connectivity index (χ1) is 12.7. The van der Waals surface area contributed by atoms with E-state index in [9.17, 15) is 4.79 Å². The third-order valence-corrected chi connectivity index (χ3v) is 7.85. The number of hydrogen-bond donors (Lipinski definition) is 1. The Hall–Kier alpha value is -1.31. The second-order valence-electron chi connectivity index (χ2n) is 7.61. The van der Waals surface area contributed by atoms with Crippen LogP contribution in [0.15, 0.2) is 18.3 Å². The molecule has 1 amide bonds. The number of amides is 1. The van der Waals surface area contributed by atoms with Gasteiger partial charge in [-0.2, -0.15) is 11.8 Å². The predicted octanol–water partition coefficient (Wildman–Crippen LogP) is 2.67. The van der Waals surface area contributed by atoms with E-state index >= 15 is 0 Å². The van der Waals surface area contributed by atoms with Crippen molar-refractivity contribution >= 4 is 44.1 Å². The van der Waals surface area contributed by atoms with E-state index in [0.717, 1.165) is 42.1 Å². The lowest BCUT2D eigenvalue weighted by molar-refractivity contribution is 0.0904. The maximum Gasteiger partial charge on any atom is 0.270 e. The summed E-state index contributed by atoms with van der Waals surface area (Å²) in [4.78, 5) is 22.1. The van der Waals surface area contributed by atoms with Gasteiger partial charge in [0.05, 0.1) is 5.00 Å². The molecule has 138 valence electrons. The average molecular weight is 389 g/mol. The number of piperidine rings is 1. The Labute approximate surface area is 162 Å². The Bertz CT molecular complexity index is 805. The van der Waals surface area contributed by atoms with Crippen molar-refractivity contribution in [2.45, 2.75) is 18.9 Å². The Kier molecular flexibility index (Phi) is 4.54. The molecule has 0 spiro atoms. The van der Waals surface area contributed by atoms with E-state index in [4.69, 9.17) is 0 Å². The summed E-state index contributed by atoms with van der Waals surface area (Å²) in [5.74, 6) is 3.12. The zero-order valence-electron chi connectivity index (χ0n) is 14.8. The summed E-state index contributed by atoms with van der Waals surface area (Å²) in [7, 11) is 0. The molecule has 0 saturated carbocycles. The van der Waals surface area contributed by atoms with Crippen molar-refractivity contribution in [1.29, 1.82) is 0 Å². The van der Waals surface area contributed by atoms with E-state index in [2.05, 4.69) is 26.2 Å². The number of fused-ring (bicyclic) bond motifs is 3. The fourth-order valence-corrected chi connectivity index (χ4v) is 6.43. The van der Waals surface area contributed by atoms with Crippen LogP contribution < -0.4 is 10.2 Å². The van der Waals surface area contributed by atoms with Gasteiger partial charge in [0, 0.05) is 60.0 Å². The zero-order chi connectivity index (χ0) is 17.5. The lowest BCUT2D eigenvalue weighted by Crippen LogP contribution is -2.47. The summed E-state index contributed by atoms with van der Waals surface area (Å²) in [6.45, 7) is 5.60. The molecule has 26 heavy (non-hydrogen) atoms. The fourth-order valence-electron chi connectivity index (χ4n) is 4.41. The molecule has 5 rings (SSSR count). The molecule has 1 unspecified atom stereocenters. The van der Waals surface area contributed by atoms with Crippen molar-refractivity contribution in [3.8, 4) is 0 Å². The summed E-state index contributed by atoms with van der Waals surface area (Å²) in [5, 5.41) is 5.66. The van der Waals surface area contributed by atoms with E-state index in [1.54, 1.807) is 11.3 Å². The third kappa shape index (κ3) is 3.32. The van der Waals surface area contributed by atoms with Crippen LogP contribution in [-0.2, 0) is 0 Å². The number of hydrogen-bond acceptors (Lipinski definition) is 6. The van der Waals surface area contributed by atoms with Gasteiger partial charge in [-0.25, -0.2) is 0 Å². The normalized spacial score (nSPS) is 28.5. The van der Waals surface area contributed by atoms with E-state index in [-0.39, 0.29) is 11.9 Å². The highest BCUT2D eigenvalue weighted by Crippen LogP contribution is 2.34. The van der Waals surface area contributed by atoms with Crippen LogP contribution in [0.25, 0.3) is 10.1 Å². The Morgan fingerprint density at radius 3 is 2.92 bits per heavy atom. The van der Waals surface area contributed by atoms with Gasteiger partial charge in [0.15, 0.2) is 0 Å². The number of aromatic nitrogens is 1. The second kappa shape index (κ2) is 7.02. The minimum absolute atomic E-state index is 0.0243. The number of thioether (sulfide) groups is 1. The highest BCUT2D eigenvalue weighted by atomic mass is 32.2. The van der Waals surface area contributed by atoms with Gasteiger partial charge >= 0.3 is 0 Å². The van der Waals surface area contributed by atoms with Gasteiger partial charge in [-0.3, -0.25) is 9.78 Å². The van der Waals surface area contributed by atoms with Crippen LogP contribution in [0, 0.1) is 5.92 Å². The van der Waals surface area contributed by atoms with Crippen molar-refractivity contribution in [2.24, 2.45) is 5.92 Å². The van der Waals surface area contributed by atoms with E-state index in [1.165, 1.54) is 36.0 Å². The van der Waals surface area contributed by atoms with Gasteiger partial charge in [0.25, 0.3) is 5.91 Å². The molecule has 7 heteroatoms. The molecule has 0 radical (unpaired) electrons. The van der Waals surface area contributed by atoms with E-state index < -0.39 is 0 Å². The number of rotatable bonds is 3. The standard InChI is InChI=1S/C19H24N4OS2/c24-19(21-15-7-13-1-2-22(11-13)12-15)16-9-17-14(10-20-16)8-18(26-17)23-3-5-25-6-4-23/h8-10,13,15H,1-7,11-12H2,(H,21,24)/t13-,15-/m1/s1. The first-order valence-corrected chi connectivity index (χ1v) is 11.5. The first kappa shape index (κ1) is 16.8. The molecule has 2 bridgehead atoms. The maximum atomic E-state index is 12.7. The van der Waals surface area contributed by atoms with Crippen molar-refractivity contribution in [2.75, 3.05) is 49.1 Å². The molecule has 0 aliphatic carbocycles. The largest absolute Gasteiger partial charge is 0.362 e. The summed E-state index contributed by atoms with van der Waals surface area (Å²) in [5.41, 5.74) is 0.549. The van der Waals surface area contributed by atoms with Crippen molar-refractivity contribution < 1.29 is 4.79 Å². The van der Waals surface area contributed by atoms with E-state index in [0.29, 0.717) is 5.69 Å². The molecule has 3 aliphatic heterocycles. The number of thiophene rings is 1. The lowest BCUT2D eigenvalue weighted by atomic mass is 9.97. The second-order valence-corrected chi connectivity index (χ2v) is 9.90. The Balaban J connectivity index is 1.31. The van der Waals surface area contributed by atoms with E-state index in [1.807, 2.05) is 24.0 Å². The van der Waals surface area contributed by atoms with Crippen LogP contribution >= 0.6 is 23.1 Å². The molecule has 5 nitrogen and oxygen atoms in total. The quantitative estimate of drug-likeness (QED) is 0.876. The molecular weight excluding hydrogens is 364 g/mol.